The van der Waals surface area contributed by atoms with Crippen LogP contribution in [0.3, 0.4) is 0 Å². The van der Waals surface area contributed by atoms with Gasteiger partial charge in [0.15, 0.2) is 0 Å². The maximum absolute atomic E-state index is 12.0. The molecule has 1 aliphatic carbocycles. The average Bonchev–Trinajstić information content (AvgIpc) is 2.51. The van der Waals surface area contributed by atoms with Crippen molar-refractivity contribution in [1.29, 1.82) is 0 Å². The van der Waals surface area contributed by atoms with E-state index in [0.717, 1.165) is 39.0 Å². The molecule has 0 fully saturated rings. The number of nitrogens with one attached hydrogen (secondary N) is 1. The summed E-state index contributed by atoms with van der Waals surface area (Å²) in [6.45, 7) is 8.13. The summed E-state index contributed by atoms with van der Waals surface area (Å²) in [4.78, 5) is 14.4. The summed E-state index contributed by atoms with van der Waals surface area (Å²) in [5.41, 5.74) is 7.74. The Labute approximate surface area is 127 Å². The van der Waals surface area contributed by atoms with Crippen LogP contribution in [0.2, 0.25) is 0 Å². The van der Waals surface area contributed by atoms with Crippen molar-refractivity contribution in [3.05, 3.63) is 35.4 Å². The van der Waals surface area contributed by atoms with Gasteiger partial charge >= 0.3 is 0 Å². The molecule has 4 nitrogen and oxygen atoms in total. The molecular formula is C17H27N3O. The molecule has 1 unspecified atom stereocenters. The largest absolute Gasteiger partial charge is 0.368 e. The molecule has 0 heterocycles. The fourth-order valence-electron chi connectivity index (χ4n) is 3.18. The third kappa shape index (κ3) is 3.63. The average molecular weight is 289 g/mol. The van der Waals surface area contributed by atoms with Crippen LogP contribution in [0.1, 0.15) is 31.4 Å². The molecule has 116 valence electrons. The van der Waals surface area contributed by atoms with Gasteiger partial charge in [0.25, 0.3) is 0 Å². The van der Waals surface area contributed by atoms with Crippen LogP contribution >= 0.6 is 0 Å². The molecule has 1 aromatic rings. The summed E-state index contributed by atoms with van der Waals surface area (Å²) in [6, 6.07) is 8.35. The van der Waals surface area contributed by atoms with Crippen LogP contribution < -0.4 is 11.1 Å². The van der Waals surface area contributed by atoms with Crippen molar-refractivity contribution in [2.24, 2.45) is 5.73 Å². The highest BCUT2D eigenvalue weighted by Gasteiger charge is 2.39. The molecule has 1 atom stereocenters. The third-order valence-corrected chi connectivity index (χ3v) is 4.69. The summed E-state index contributed by atoms with van der Waals surface area (Å²) < 4.78 is 0. The van der Waals surface area contributed by atoms with Crippen LogP contribution in [-0.4, -0.2) is 42.5 Å². The lowest BCUT2D eigenvalue weighted by Gasteiger charge is -2.37. The molecule has 0 saturated heterocycles. The fourth-order valence-corrected chi connectivity index (χ4v) is 3.18. The van der Waals surface area contributed by atoms with Gasteiger partial charge in [0.1, 0.15) is 5.54 Å². The number of primary amides is 1. The molecule has 0 bridgehead atoms. The van der Waals surface area contributed by atoms with E-state index >= 15 is 0 Å². The number of benzene rings is 1. The lowest BCUT2D eigenvalue weighted by molar-refractivity contribution is -0.125. The molecule has 0 aliphatic heterocycles. The number of fused-ring (bicyclic) bond motifs is 1. The van der Waals surface area contributed by atoms with Gasteiger partial charge in [-0.2, -0.15) is 0 Å². The minimum Gasteiger partial charge on any atom is -0.368 e. The Morgan fingerprint density at radius 1 is 1.29 bits per heavy atom. The van der Waals surface area contributed by atoms with E-state index in [1.54, 1.807) is 0 Å². The van der Waals surface area contributed by atoms with E-state index < -0.39 is 5.54 Å². The first kappa shape index (κ1) is 16.0. The molecule has 0 aromatic heterocycles. The summed E-state index contributed by atoms with van der Waals surface area (Å²) in [5.74, 6) is -0.225. The van der Waals surface area contributed by atoms with Gasteiger partial charge in [-0.15, -0.1) is 0 Å². The predicted octanol–water partition coefficient (Wildman–Crippen LogP) is 1.33. The number of carbonyl (C=O) groups is 1. The van der Waals surface area contributed by atoms with Crippen LogP contribution in [0.5, 0.6) is 0 Å². The smallest absolute Gasteiger partial charge is 0.238 e. The zero-order chi connectivity index (χ0) is 15.3. The Morgan fingerprint density at radius 2 is 1.95 bits per heavy atom. The lowest BCUT2D eigenvalue weighted by Crippen LogP contribution is -2.59. The van der Waals surface area contributed by atoms with Crippen molar-refractivity contribution >= 4 is 5.91 Å². The van der Waals surface area contributed by atoms with E-state index in [0.29, 0.717) is 6.42 Å². The van der Waals surface area contributed by atoms with Gasteiger partial charge in [-0.25, -0.2) is 0 Å². The van der Waals surface area contributed by atoms with Crippen LogP contribution in [-0.2, 0) is 17.6 Å². The minimum absolute atomic E-state index is 0.225. The zero-order valence-electron chi connectivity index (χ0n) is 13.2. The summed E-state index contributed by atoms with van der Waals surface area (Å²) in [5, 5.41) is 3.46. The van der Waals surface area contributed by atoms with Crippen molar-refractivity contribution in [3.8, 4) is 0 Å². The SMILES string of the molecule is CCN(CC)CCNC1(C(N)=O)CCc2ccccc2C1. The third-order valence-electron chi connectivity index (χ3n) is 4.69. The lowest BCUT2D eigenvalue weighted by atomic mass is 9.77. The van der Waals surface area contributed by atoms with E-state index in [-0.39, 0.29) is 5.91 Å². The Hall–Kier alpha value is -1.39. The van der Waals surface area contributed by atoms with Gasteiger partial charge in [-0.1, -0.05) is 38.1 Å². The molecule has 4 heteroatoms. The number of amides is 1. The Morgan fingerprint density at radius 3 is 2.57 bits per heavy atom. The van der Waals surface area contributed by atoms with Crippen LogP contribution in [0, 0.1) is 0 Å². The van der Waals surface area contributed by atoms with Crippen molar-refractivity contribution in [2.45, 2.75) is 38.6 Å². The first-order chi connectivity index (χ1) is 10.1. The predicted molar refractivity (Wildman–Crippen MR) is 86.2 cm³/mol. The molecule has 21 heavy (non-hydrogen) atoms. The van der Waals surface area contributed by atoms with E-state index in [2.05, 4.69) is 42.3 Å². The van der Waals surface area contributed by atoms with Gasteiger partial charge in [0.05, 0.1) is 0 Å². The highest BCUT2D eigenvalue weighted by atomic mass is 16.1. The second-order valence-corrected chi connectivity index (χ2v) is 5.85. The molecule has 1 amide bonds. The minimum atomic E-state index is -0.582. The molecule has 1 aromatic carbocycles. The van der Waals surface area contributed by atoms with Crippen LogP contribution in [0.4, 0.5) is 0 Å². The Bertz CT molecular complexity index is 485. The summed E-state index contributed by atoms with van der Waals surface area (Å²) >= 11 is 0. The molecular weight excluding hydrogens is 262 g/mol. The Kier molecular flexibility index (Phi) is 5.37. The van der Waals surface area contributed by atoms with Gasteiger partial charge in [0.2, 0.25) is 5.91 Å². The quantitative estimate of drug-likeness (QED) is 0.796. The maximum atomic E-state index is 12.0. The molecule has 0 radical (unpaired) electrons. The normalized spacial score (nSPS) is 21.3. The number of carbonyl (C=O) groups excluding carboxylic acids is 1. The first-order valence-electron chi connectivity index (χ1n) is 7.95. The fraction of sp³-hybridized carbons (Fsp3) is 0.588. The molecule has 3 N–H and O–H groups in total. The molecule has 0 spiro atoms. The number of rotatable bonds is 7. The number of hydrogen-bond donors (Lipinski definition) is 2. The van der Waals surface area contributed by atoms with Gasteiger partial charge < -0.3 is 16.0 Å². The first-order valence-corrected chi connectivity index (χ1v) is 7.95. The summed E-state index contributed by atoms with van der Waals surface area (Å²) in [7, 11) is 0. The van der Waals surface area contributed by atoms with Crippen LogP contribution in [0.25, 0.3) is 0 Å². The number of nitrogens with two attached hydrogens (primary N) is 1. The highest BCUT2D eigenvalue weighted by Crippen LogP contribution is 2.28. The molecule has 0 saturated carbocycles. The van der Waals surface area contributed by atoms with Crippen molar-refractivity contribution in [3.63, 3.8) is 0 Å². The van der Waals surface area contributed by atoms with E-state index in [4.69, 9.17) is 5.73 Å². The zero-order valence-corrected chi connectivity index (χ0v) is 13.2. The van der Waals surface area contributed by atoms with E-state index in [1.165, 1.54) is 11.1 Å². The van der Waals surface area contributed by atoms with Gasteiger partial charge in [-0.3, -0.25) is 4.79 Å². The van der Waals surface area contributed by atoms with Crippen molar-refractivity contribution < 1.29 is 4.79 Å². The van der Waals surface area contributed by atoms with Crippen LogP contribution in [0.15, 0.2) is 24.3 Å². The Balaban J connectivity index is 2.04. The topological polar surface area (TPSA) is 58.4 Å². The number of aryl methyl sites for hydroxylation is 1. The van der Waals surface area contributed by atoms with E-state index in [1.807, 2.05) is 6.07 Å². The monoisotopic (exact) mass is 289 g/mol. The highest BCUT2D eigenvalue weighted by molar-refractivity contribution is 5.85. The second kappa shape index (κ2) is 7.05. The molecule has 2 rings (SSSR count). The number of likely N-dealkylation sites (N-methyl/N-ethyl adjacent to an activating group) is 1. The number of nitrogens with zero attached hydrogens (tertiary/aromatic N) is 1. The van der Waals surface area contributed by atoms with Crippen molar-refractivity contribution in [2.75, 3.05) is 26.2 Å². The van der Waals surface area contributed by atoms with Crippen molar-refractivity contribution in [1.82, 2.24) is 10.2 Å². The number of hydrogen-bond acceptors (Lipinski definition) is 3. The maximum Gasteiger partial charge on any atom is 0.238 e. The van der Waals surface area contributed by atoms with E-state index in [9.17, 15) is 4.79 Å². The molecule has 1 aliphatic rings. The standard InChI is InChI=1S/C17H27N3O/c1-3-20(4-2)12-11-19-17(16(18)21)10-9-14-7-5-6-8-15(14)13-17/h5-8,19H,3-4,9-13H2,1-2H3,(H2,18,21). The van der Waals surface area contributed by atoms with Gasteiger partial charge in [-0.05, 0) is 43.5 Å². The second-order valence-electron chi connectivity index (χ2n) is 5.85. The van der Waals surface area contributed by atoms with Gasteiger partial charge in [0, 0.05) is 13.1 Å². The summed E-state index contributed by atoms with van der Waals surface area (Å²) in [6.07, 6.45) is 2.41.